The molecule has 70 heavy (non-hydrogen) atoms. The summed E-state index contributed by atoms with van der Waals surface area (Å²) in [5.74, 6) is -2.92. The fourth-order valence-electron chi connectivity index (χ4n) is 8.22. The highest BCUT2D eigenvalue weighted by Crippen LogP contribution is 2.36. The molecule has 5 heterocycles. The SMILES string of the molecule is Cl.O=C1CCC(N2Cc3c(NC(=O)CCNCCn4cc(COCCNC(=O)c5ccc(Nc6ncc7c(n6)-c6ccc(Cl)cc6C(c6c(F)cccc6F)=NC7)cc5)nn4)cccc3C2=O)C(=O)N1. The molecule has 0 saturated carbocycles. The summed E-state index contributed by atoms with van der Waals surface area (Å²) in [5.41, 5.74) is 5.29. The Bertz CT molecular complexity index is 3010. The number of aromatic nitrogens is 5. The van der Waals surface area contributed by atoms with E-state index in [4.69, 9.17) is 21.3 Å². The lowest BCUT2D eigenvalue weighted by Gasteiger charge is -2.29. The maximum Gasteiger partial charge on any atom is 0.255 e. The zero-order chi connectivity index (χ0) is 48.0. The Balaban J connectivity index is 0.00000659. The van der Waals surface area contributed by atoms with Crippen molar-refractivity contribution in [2.75, 3.05) is 36.9 Å². The molecule has 1 fully saturated rings. The van der Waals surface area contributed by atoms with Crippen LogP contribution in [0.2, 0.25) is 5.02 Å². The molecule has 2 aromatic heterocycles. The molecule has 5 N–H and O–H groups in total. The second-order valence-electron chi connectivity index (χ2n) is 16.3. The normalized spacial score (nSPS) is 14.9. The minimum Gasteiger partial charge on any atom is -0.373 e. The fourth-order valence-corrected chi connectivity index (χ4v) is 8.39. The van der Waals surface area contributed by atoms with E-state index in [-0.39, 0.29) is 105 Å². The number of hydrogen-bond acceptors (Lipinski definition) is 13. The van der Waals surface area contributed by atoms with Crippen LogP contribution in [0.5, 0.6) is 0 Å². The Morgan fingerprint density at radius 3 is 2.53 bits per heavy atom. The average Bonchev–Trinajstić information content (AvgIpc) is 3.89. The maximum absolute atomic E-state index is 14.9. The monoisotopic (exact) mass is 992 g/mol. The molecule has 0 radical (unpaired) electrons. The minimum absolute atomic E-state index is 0. The van der Waals surface area contributed by atoms with Crippen molar-refractivity contribution < 1.29 is 37.5 Å². The van der Waals surface area contributed by atoms with E-state index < -0.39 is 23.6 Å². The van der Waals surface area contributed by atoms with Crippen molar-refractivity contribution >= 4 is 76.6 Å². The smallest absolute Gasteiger partial charge is 0.255 e. The summed E-state index contributed by atoms with van der Waals surface area (Å²) in [5, 5.41) is 23.0. The van der Waals surface area contributed by atoms with Gasteiger partial charge in [0.25, 0.3) is 11.8 Å². The molecule has 22 heteroatoms. The van der Waals surface area contributed by atoms with Gasteiger partial charge in [0.15, 0.2) is 0 Å². The van der Waals surface area contributed by atoms with Gasteiger partial charge in [0.2, 0.25) is 23.7 Å². The first kappa shape index (κ1) is 48.9. The van der Waals surface area contributed by atoms with Crippen LogP contribution in [-0.4, -0.2) is 97.4 Å². The van der Waals surface area contributed by atoms with Crippen molar-refractivity contribution in [2.45, 2.75) is 51.5 Å². The number of aliphatic imine (C=N–C) groups is 1. The largest absolute Gasteiger partial charge is 0.373 e. The maximum atomic E-state index is 14.9. The topological polar surface area (TPSA) is 227 Å². The Morgan fingerprint density at radius 1 is 0.929 bits per heavy atom. The van der Waals surface area contributed by atoms with E-state index in [2.05, 4.69) is 46.9 Å². The lowest BCUT2D eigenvalue weighted by atomic mass is 9.95. The van der Waals surface area contributed by atoms with Gasteiger partial charge in [-0.2, -0.15) is 0 Å². The van der Waals surface area contributed by atoms with Gasteiger partial charge >= 0.3 is 0 Å². The van der Waals surface area contributed by atoms with Crippen LogP contribution in [0.4, 0.5) is 26.1 Å². The van der Waals surface area contributed by atoms with Crippen molar-refractivity contribution in [1.29, 1.82) is 0 Å². The summed E-state index contributed by atoms with van der Waals surface area (Å²) in [7, 11) is 0. The molecular weight excluding hydrogens is 950 g/mol. The van der Waals surface area contributed by atoms with E-state index in [1.165, 1.54) is 23.1 Å². The molecule has 1 atom stereocenters. The van der Waals surface area contributed by atoms with Gasteiger partial charge in [-0.3, -0.25) is 39.0 Å². The third kappa shape index (κ3) is 11.0. The Hall–Kier alpha value is -7.52. The molecule has 0 bridgehead atoms. The number of nitrogens with zero attached hydrogens (tertiary/aromatic N) is 7. The molecule has 1 saturated heterocycles. The van der Waals surface area contributed by atoms with Crippen LogP contribution in [0.3, 0.4) is 0 Å². The first-order valence-corrected chi connectivity index (χ1v) is 22.4. The van der Waals surface area contributed by atoms with Gasteiger partial charge < -0.3 is 30.9 Å². The van der Waals surface area contributed by atoms with Crippen LogP contribution < -0.4 is 26.6 Å². The van der Waals surface area contributed by atoms with Gasteiger partial charge in [-0.1, -0.05) is 35.0 Å². The van der Waals surface area contributed by atoms with Crippen molar-refractivity contribution in [3.8, 4) is 11.3 Å². The molecule has 0 spiro atoms. The summed E-state index contributed by atoms with van der Waals surface area (Å²) in [6.07, 6.45) is 3.95. The zero-order valence-electron chi connectivity index (χ0n) is 37.1. The lowest BCUT2D eigenvalue weighted by molar-refractivity contribution is -0.137. The van der Waals surface area contributed by atoms with E-state index in [0.29, 0.717) is 80.8 Å². The van der Waals surface area contributed by atoms with E-state index in [1.807, 2.05) is 0 Å². The Morgan fingerprint density at radius 2 is 1.73 bits per heavy atom. The van der Waals surface area contributed by atoms with Gasteiger partial charge in [-0.25, -0.2) is 18.7 Å². The summed E-state index contributed by atoms with van der Waals surface area (Å²) in [4.78, 5) is 78.0. The van der Waals surface area contributed by atoms with Gasteiger partial charge in [-0.05, 0) is 67.1 Å². The highest BCUT2D eigenvalue weighted by molar-refractivity contribution is 6.31. The number of piperidine rings is 1. The predicted molar refractivity (Wildman–Crippen MR) is 256 cm³/mol. The van der Waals surface area contributed by atoms with Gasteiger partial charge in [-0.15, -0.1) is 17.5 Å². The van der Waals surface area contributed by atoms with E-state index in [0.717, 1.165) is 0 Å². The molecule has 9 rings (SSSR count). The lowest BCUT2D eigenvalue weighted by Crippen LogP contribution is -2.52. The molecule has 0 aliphatic carbocycles. The summed E-state index contributed by atoms with van der Waals surface area (Å²) >= 11 is 6.34. The first-order chi connectivity index (χ1) is 33.5. The highest BCUT2D eigenvalue weighted by Gasteiger charge is 2.40. The van der Waals surface area contributed by atoms with E-state index >= 15 is 0 Å². The van der Waals surface area contributed by atoms with Gasteiger partial charge in [0, 0.05) is 95.0 Å². The quantitative estimate of drug-likeness (QED) is 0.0564. The summed E-state index contributed by atoms with van der Waals surface area (Å²) in [6.45, 7) is 2.31. The second kappa shape index (κ2) is 21.8. The molecule has 4 aromatic carbocycles. The number of nitrogens with one attached hydrogen (secondary N) is 5. The highest BCUT2D eigenvalue weighted by atomic mass is 35.5. The average molecular weight is 994 g/mol. The van der Waals surface area contributed by atoms with E-state index in [9.17, 15) is 32.8 Å². The Labute approximate surface area is 410 Å². The molecule has 5 amide bonds. The van der Waals surface area contributed by atoms with Crippen LogP contribution in [0.1, 0.15) is 67.9 Å². The van der Waals surface area contributed by atoms with Crippen molar-refractivity contribution in [2.24, 2.45) is 4.99 Å². The number of rotatable bonds is 17. The first-order valence-electron chi connectivity index (χ1n) is 22.0. The van der Waals surface area contributed by atoms with Crippen molar-refractivity contribution in [1.82, 2.24) is 45.8 Å². The third-order valence-electron chi connectivity index (χ3n) is 11.6. The molecule has 360 valence electrons. The number of halogens is 4. The number of imide groups is 1. The van der Waals surface area contributed by atoms with Crippen LogP contribution in [-0.2, 0) is 45.4 Å². The molecule has 18 nitrogen and oxygen atoms in total. The van der Waals surface area contributed by atoms with Gasteiger partial charge in [0.05, 0.1) is 49.5 Å². The van der Waals surface area contributed by atoms with Crippen LogP contribution in [0, 0.1) is 11.6 Å². The molecular formula is C48H44Cl2F2N12O6. The van der Waals surface area contributed by atoms with Crippen LogP contribution in [0.15, 0.2) is 96.2 Å². The predicted octanol–water partition coefficient (Wildman–Crippen LogP) is 5.51. The number of hydrogen-bond donors (Lipinski definition) is 5. The minimum atomic E-state index is -0.745. The van der Waals surface area contributed by atoms with Gasteiger partial charge in [0.1, 0.15) is 23.4 Å². The van der Waals surface area contributed by atoms with Crippen LogP contribution >= 0.6 is 24.0 Å². The zero-order valence-corrected chi connectivity index (χ0v) is 38.7. The second-order valence-corrected chi connectivity index (χ2v) is 16.7. The molecule has 1 unspecified atom stereocenters. The van der Waals surface area contributed by atoms with Crippen LogP contribution in [0.25, 0.3) is 11.3 Å². The molecule has 6 aromatic rings. The number of anilines is 3. The summed E-state index contributed by atoms with van der Waals surface area (Å²) in [6, 6.07) is 19.8. The molecule has 3 aliphatic heterocycles. The number of fused-ring (bicyclic) bond motifs is 4. The van der Waals surface area contributed by atoms with Crippen molar-refractivity contribution in [3.05, 3.63) is 147 Å². The van der Waals surface area contributed by atoms with Crippen molar-refractivity contribution in [3.63, 3.8) is 0 Å². The number of amides is 5. The number of benzene rings is 4. The molecule has 3 aliphatic rings. The third-order valence-corrected chi connectivity index (χ3v) is 11.9. The Kier molecular flexibility index (Phi) is 15.3. The standard InChI is InChI=1S/C48H43ClF2N12O6.ClH/c49-29-9-12-32-34(21-29)44(42-36(50)4-2-5-37(42)51)54-22-28-23-55-48(59-43(28)32)56-30-10-7-27(8-11-30)45(66)53-18-20-69-26-31-24-62(61-60-31)19-17-52-16-15-41(65)57-38-6-1-3-33-35(38)25-63(47(33)68)39-13-14-40(64)58-46(39)67;/h1-12,21,23-24,39,52H,13-20,22,25-26H2,(H,53,66)(H,57,65)(H,55,56,59)(H,58,64,67);1H. The number of carbonyl (C=O) groups is 5. The number of carbonyl (C=O) groups excluding carboxylic acids is 5. The number of ether oxygens (including phenoxy) is 1. The fraction of sp³-hybridized carbons (Fsp3) is 0.250. The van der Waals surface area contributed by atoms with E-state index in [1.54, 1.807) is 77.7 Å². The summed E-state index contributed by atoms with van der Waals surface area (Å²) < 4.78 is 37.2.